The van der Waals surface area contributed by atoms with Crippen LogP contribution < -0.4 is 5.56 Å². The number of esters is 1. The maximum absolute atomic E-state index is 12.9. The third-order valence-corrected chi connectivity index (χ3v) is 5.37. The standard InChI is InChI=1S/C18H18N2O3S2/c1-2-23-15(21)9-6-11-25-18-19-16-14(10-12-24-16)17(22)20(18)13-7-4-3-5-8-13/h3-5,7-8,10,12H,2,6,9,11H2,1H3. The van der Waals surface area contributed by atoms with Crippen LogP contribution in [0.4, 0.5) is 0 Å². The molecular weight excluding hydrogens is 356 g/mol. The molecule has 3 rings (SSSR count). The Bertz CT molecular complexity index is 919. The molecule has 0 unspecified atom stereocenters. The number of carbonyl (C=O) groups excluding carboxylic acids is 1. The largest absolute Gasteiger partial charge is 0.466 e. The molecule has 0 N–H and O–H groups in total. The molecule has 2 heterocycles. The van der Waals surface area contributed by atoms with Crippen molar-refractivity contribution < 1.29 is 9.53 Å². The number of aromatic nitrogens is 2. The predicted molar refractivity (Wildman–Crippen MR) is 102 cm³/mol. The summed E-state index contributed by atoms with van der Waals surface area (Å²) in [5, 5.41) is 3.16. The summed E-state index contributed by atoms with van der Waals surface area (Å²) in [6, 6.07) is 11.3. The number of ether oxygens (including phenoxy) is 1. The lowest BCUT2D eigenvalue weighted by molar-refractivity contribution is -0.143. The maximum Gasteiger partial charge on any atom is 0.305 e. The second-order valence-electron chi connectivity index (χ2n) is 5.27. The summed E-state index contributed by atoms with van der Waals surface area (Å²) in [6.07, 6.45) is 1.05. The summed E-state index contributed by atoms with van der Waals surface area (Å²) in [5.74, 6) is 0.500. The normalized spacial score (nSPS) is 10.9. The third-order valence-electron chi connectivity index (χ3n) is 3.54. The predicted octanol–water partition coefficient (Wildman–Crippen LogP) is 3.88. The van der Waals surface area contributed by atoms with Gasteiger partial charge in [-0.3, -0.25) is 14.2 Å². The van der Waals surface area contributed by atoms with E-state index in [2.05, 4.69) is 4.98 Å². The van der Waals surface area contributed by atoms with E-state index in [4.69, 9.17) is 4.74 Å². The molecule has 0 bridgehead atoms. The number of nitrogens with zero attached hydrogens (tertiary/aromatic N) is 2. The summed E-state index contributed by atoms with van der Waals surface area (Å²) < 4.78 is 6.58. The molecular formula is C18H18N2O3S2. The van der Waals surface area contributed by atoms with Crippen LogP contribution in [0, 0.1) is 0 Å². The fourth-order valence-electron chi connectivity index (χ4n) is 2.41. The number of rotatable bonds is 7. The second kappa shape index (κ2) is 8.31. The van der Waals surface area contributed by atoms with Crippen molar-refractivity contribution in [1.29, 1.82) is 0 Å². The highest BCUT2D eigenvalue weighted by Gasteiger charge is 2.14. The van der Waals surface area contributed by atoms with Gasteiger partial charge in [0.1, 0.15) is 4.83 Å². The molecule has 0 fully saturated rings. The van der Waals surface area contributed by atoms with E-state index in [9.17, 15) is 9.59 Å². The summed E-state index contributed by atoms with van der Waals surface area (Å²) in [7, 11) is 0. The highest BCUT2D eigenvalue weighted by molar-refractivity contribution is 7.99. The Hall–Kier alpha value is -2.12. The number of para-hydroxylation sites is 1. The quantitative estimate of drug-likeness (QED) is 0.272. The Balaban J connectivity index is 1.86. The zero-order valence-electron chi connectivity index (χ0n) is 13.8. The van der Waals surface area contributed by atoms with E-state index >= 15 is 0 Å². The molecule has 0 aliphatic carbocycles. The number of hydrogen-bond donors (Lipinski definition) is 0. The van der Waals surface area contributed by atoms with Crippen molar-refractivity contribution in [3.05, 3.63) is 52.1 Å². The Morgan fingerprint density at radius 1 is 1.28 bits per heavy atom. The minimum absolute atomic E-state index is 0.0645. The van der Waals surface area contributed by atoms with Crippen molar-refractivity contribution in [2.24, 2.45) is 0 Å². The first kappa shape index (κ1) is 17.7. The second-order valence-corrected chi connectivity index (χ2v) is 7.22. The minimum Gasteiger partial charge on any atom is -0.466 e. The molecule has 0 amide bonds. The van der Waals surface area contributed by atoms with Crippen molar-refractivity contribution in [3.63, 3.8) is 0 Å². The van der Waals surface area contributed by atoms with Crippen LogP contribution in [0.2, 0.25) is 0 Å². The molecule has 5 nitrogen and oxygen atoms in total. The van der Waals surface area contributed by atoms with E-state index in [0.717, 1.165) is 10.5 Å². The smallest absolute Gasteiger partial charge is 0.305 e. The highest BCUT2D eigenvalue weighted by Crippen LogP contribution is 2.24. The first-order valence-electron chi connectivity index (χ1n) is 8.05. The minimum atomic E-state index is -0.190. The molecule has 7 heteroatoms. The van der Waals surface area contributed by atoms with E-state index in [1.807, 2.05) is 41.8 Å². The van der Waals surface area contributed by atoms with Crippen molar-refractivity contribution in [3.8, 4) is 5.69 Å². The van der Waals surface area contributed by atoms with E-state index in [1.165, 1.54) is 23.1 Å². The molecule has 2 aromatic heterocycles. The zero-order chi connectivity index (χ0) is 17.6. The lowest BCUT2D eigenvalue weighted by Gasteiger charge is -2.11. The van der Waals surface area contributed by atoms with Crippen LogP contribution in [0.3, 0.4) is 0 Å². The summed E-state index contributed by atoms with van der Waals surface area (Å²) in [5.41, 5.74) is 0.728. The van der Waals surface area contributed by atoms with Crippen LogP contribution in [0.5, 0.6) is 0 Å². The van der Waals surface area contributed by atoms with E-state index in [0.29, 0.717) is 35.7 Å². The summed E-state index contributed by atoms with van der Waals surface area (Å²) >= 11 is 2.94. The van der Waals surface area contributed by atoms with Crippen molar-refractivity contribution in [2.75, 3.05) is 12.4 Å². The van der Waals surface area contributed by atoms with Gasteiger partial charge in [0, 0.05) is 12.2 Å². The van der Waals surface area contributed by atoms with Gasteiger partial charge in [-0.15, -0.1) is 11.3 Å². The van der Waals surface area contributed by atoms with E-state index in [1.54, 1.807) is 11.5 Å². The highest BCUT2D eigenvalue weighted by atomic mass is 32.2. The van der Waals surface area contributed by atoms with Gasteiger partial charge in [-0.05, 0) is 36.9 Å². The van der Waals surface area contributed by atoms with Gasteiger partial charge in [0.25, 0.3) is 5.56 Å². The number of hydrogen-bond acceptors (Lipinski definition) is 6. The Labute approximate surface area is 153 Å². The first-order chi connectivity index (χ1) is 12.2. The molecule has 0 aliphatic heterocycles. The molecule has 1 aromatic carbocycles. The number of carbonyl (C=O) groups is 1. The van der Waals surface area contributed by atoms with Gasteiger partial charge in [0.2, 0.25) is 0 Å². The monoisotopic (exact) mass is 374 g/mol. The number of thiophene rings is 1. The molecule has 0 atom stereocenters. The topological polar surface area (TPSA) is 61.2 Å². The maximum atomic E-state index is 12.9. The Morgan fingerprint density at radius 2 is 2.08 bits per heavy atom. The summed E-state index contributed by atoms with van der Waals surface area (Å²) in [6.45, 7) is 2.20. The number of benzene rings is 1. The fourth-order valence-corrected chi connectivity index (χ4v) is 4.17. The van der Waals surface area contributed by atoms with Crippen LogP contribution in [-0.2, 0) is 9.53 Å². The molecule has 3 aromatic rings. The molecule has 0 saturated heterocycles. The lowest BCUT2D eigenvalue weighted by Crippen LogP contribution is -2.21. The van der Waals surface area contributed by atoms with Crippen LogP contribution in [0.25, 0.3) is 15.9 Å². The first-order valence-corrected chi connectivity index (χ1v) is 9.91. The Morgan fingerprint density at radius 3 is 2.84 bits per heavy atom. The van der Waals surface area contributed by atoms with Crippen LogP contribution in [0.1, 0.15) is 19.8 Å². The fraction of sp³-hybridized carbons (Fsp3) is 0.278. The average molecular weight is 374 g/mol. The van der Waals surface area contributed by atoms with E-state index < -0.39 is 0 Å². The summed E-state index contributed by atoms with van der Waals surface area (Å²) in [4.78, 5) is 29.7. The number of thioether (sulfide) groups is 1. The lowest BCUT2D eigenvalue weighted by atomic mass is 10.3. The van der Waals surface area contributed by atoms with Gasteiger partial charge in [-0.1, -0.05) is 30.0 Å². The van der Waals surface area contributed by atoms with Gasteiger partial charge >= 0.3 is 5.97 Å². The van der Waals surface area contributed by atoms with Crippen molar-refractivity contribution in [2.45, 2.75) is 24.9 Å². The SMILES string of the molecule is CCOC(=O)CCCSc1nc2sccc2c(=O)n1-c1ccccc1. The molecule has 0 saturated carbocycles. The van der Waals surface area contributed by atoms with Gasteiger partial charge in [-0.2, -0.15) is 0 Å². The van der Waals surface area contributed by atoms with Crippen LogP contribution in [0.15, 0.2) is 51.7 Å². The molecule has 0 spiro atoms. The molecule has 25 heavy (non-hydrogen) atoms. The van der Waals surface area contributed by atoms with Gasteiger partial charge in [0.15, 0.2) is 5.16 Å². The van der Waals surface area contributed by atoms with E-state index in [-0.39, 0.29) is 11.5 Å². The van der Waals surface area contributed by atoms with Crippen molar-refractivity contribution in [1.82, 2.24) is 9.55 Å². The number of fused-ring (bicyclic) bond motifs is 1. The average Bonchev–Trinajstić information content (AvgIpc) is 3.09. The molecule has 0 aliphatic rings. The molecule has 0 radical (unpaired) electrons. The zero-order valence-corrected chi connectivity index (χ0v) is 15.4. The van der Waals surface area contributed by atoms with Gasteiger partial charge < -0.3 is 4.74 Å². The van der Waals surface area contributed by atoms with Gasteiger partial charge in [0.05, 0.1) is 17.7 Å². The van der Waals surface area contributed by atoms with Gasteiger partial charge in [-0.25, -0.2) is 4.98 Å². The van der Waals surface area contributed by atoms with Crippen molar-refractivity contribution >= 4 is 39.3 Å². The molecule has 130 valence electrons. The third kappa shape index (κ3) is 4.11. The van der Waals surface area contributed by atoms with Crippen LogP contribution >= 0.6 is 23.1 Å². The Kier molecular flexibility index (Phi) is 5.88. The van der Waals surface area contributed by atoms with Crippen LogP contribution in [-0.4, -0.2) is 27.9 Å².